The van der Waals surface area contributed by atoms with Crippen molar-refractivity contribution in [3.63, 3.8) is 0 Å². The molecule has 12 rings (SSSR count). The smallest absolute Gasteiger partial charge is 0.212 e. The van der Waals surface area contributed by atoms with Gasteiger partial charge in [0.05, 0.1) is 4.75 Å². The van der Waals surface area contributed by atoms with Crippen molar-refractivity contribution in [1.82, 2.24) is 4.72 Å². The highest BCUT2D eigenvalue weighted by molar-refractivity contribution is 7.91. The summed E-state index contributed by atoms with van der Waals surface area (Å²) in [6.45, 7) is 0. The predicted molar refractivity (Wildman–Crippen MR) is 94.1 cm³/mol. The van der Waals surface area contributed by atoms with Crippen LogP contribution in [-0.4, -0.2) is 18.7 Å². The van der Waals surface area contributed by atoms with Gasteiger partial charge in [0.1, 0.15) is 0 Å². The summed E-state index contributed by atoms with van der Waals surface area (Å²) in [6.07, 6.45) is 7.83. The number of sulfonamides is 1. The molecule has 0 aromatic rings. The number of nitrogens with one attached hydrogen (secondary N) is 1. The molecule has 0 amide bonds. The van der Waals surface area contributed by atoms with Crippen molar-refractivity contribution in [2.45, 2.75) is 48.8 Å². The summed E-state index contributed by atoms with van der Waals surface area (Å²) < 4.78 is 32.0. The van der Waals surface area contributed by atoms with Gasteiger partial charge in [0.25, 0.3) is 0 Å². The third-order valence-corrected chi connectivity index (χ3v) is 14.8. The topological polar surface area (TPSA) is 46.2 Å². The standard InChI is InChI=1S/C22H27NO2S/c24-26(25,22-16-4-10(16)20(11-5-17(11)22)12-6-18(12)22)23-21-13-1-7(13)19(8-2-14(8)21)9-3-15(9)21/h7-20,23H,1-6H2. The second kappa shape index (κ2) is 3.18. The van der Waals surface area contributed by atoms with Crippen molar-refractivity contribution >= 4 is 10.0 Å². The summed E-state index contributed by atoms with van der Waals surface area (Å²) in [4.78, 5) is 0. The minimum Gasteiger partial charge on any atom is -0.212 e. The number of rotatable bonds is 3. The van der Waals surface area contributed by atoms with E-state index in [4.69, 9.17) is 0 Å². The first-order chi connectivity index (χ1) is 12.6. The fourth-order valence-corrected chi connectivity index (χ4v) is 14.9. The Balaban J connectivity index is 1.15. The van der Waals surface area contributed by atoms with Crippen LogP contribution in [0.1, 0.15) is 38.5 Å². The lowest BCUT2D eigenvalue weighted by Gasteiger charge is -2.50. The van der Waals surface area contributed by atoms with Gasteiger partial charge in [0, 0.05) is 5.54 Å². The molecule has 1 N–H and O–H groups in total. The van der Waals surface area contributed by atoms with E-state index in [0.29, 0.717) is 17.8 Å². The van der Waals surface area contributed by atoms with Crippen LogP contribution in [0.3, 0.4) is 0 Å². The quantitative estimate of drug-likeness (QED) is 0.831. The molecule has 0 radical (unpaired) electrons. The van der Waals surface area contributed by atoms with Crippen LogP contribution in [0.4, 0.5) is 0 Å². The van der Waals surface area contributed by atoms with Gasteiger partial charge in [-0.25, -0.2) is 13.1 Å². The molecule has 0 spiro atoms. The van der Waals surface area contributed by atoms with E-state index in [0.717, 1.165) is 65.1 Å². The maximum Gasteiger partial charge on any atom is 0.218 e. The highest BCUT2D eigenvalue weighted by atomic mass is 32.2. The van der Waals surface area contributed by atoms with E-state index in [1.807, 2.05) is 0 Å². The monoisotopic (exact) mass is 369 g/mol. The molecule has 12 fully saturated rings. The molecular weight excluding hydrogens is 342 g/mol. The summed E-state index contributed by atoms with van der Waals surface area (Å²) >= 11 is 0. The molecule has 0 aliphatic heterocycles. The van der Waals surface area contributed by atoms with E-state index in [9.17, 15) is 8.42 Å². The van der Waals surface area contributed by atoms with Gasteiger partial charge in [-0.2, -0.15) is 0 Å². The minimum absolute atomic E-state index is 0.0375. The lowest BCUT2D eigenvalue weighted by molar-refractivity contribution is 0.0812. The molecule has 0 heterocycles. The predicted octanol–water partition coefficient (Wildman–Crippen LogP) is 2.49. The van der Waals surface area contributed by atoms with Crippen molar-refractivity contribution in [3.8, 4) is 0 Å². The van der Waals surface area contributed by atoms with Crippen LogP contribution in [0.2, 0.25) is 0 Å². The normalized spacial score (nSPS) is 80.9. The van der Waals surface area contributed by atoms with Gasteiger partial charge in [-0.05, 0) is 121 Å². The average Bonchev–Trinajstić information content (AvgIpc) is 3.25. The van der Waals surface area contributed by atoms with Gasteiger partial charge in [-0.1, -0.05) is 0 Å². The first kappa shape index (κ1) is 13.2. The van der Waals surface area contributed by atoms with Crippen molar-refractivity contribution in [3.05, 3.63) is 0 Å². The minimum atomic E-state index is -3.19. The third kappa shape index (κ3) is 1.02. The second-order valence-electron chi connectivity index (χ2n) is 12.6. The Morgan fingerprint density at radius 2 is 0.923 bits per heavy atom. The lowest BCUT2D eigenvalue weighted by atomic mass is 9.66. The van der Waals surface area contributed by atoms with Crippen molar-refractivity contribution in [2.75, 3.05) is 0 Å². The Morgan fingerprint density at radius 1 is 0.577 bits per heavy atom. The lowest BCUT2D eigenvalue weighted by Crippen LogP contribution is -2.66. The zero-order valence-electron chi connectivity index (χ0n) is 15.1. The highest BCUT2D eigenvalue weighted by Crippen LogP contribution is 2.87. The molecule has 4 bridgehead atoms. The third-order valence-electron chi connectivity index (χ3n) is 12.4. The van der Waals surface area contributed by atoms with Gasteiger partial charge in [0.2, 0.25) is 10.0 Å². The molecule has 0 aromatic heterocycles. The van der Waals surface area contributed by atoms with Crippen LogP contribution in [-0.2, 0) is 10.0 Å². The molecule has 12 aliphatic rings. The van der Waals surface area contributed by atoms with E-state index in [1.165, 1.54) is 38.5 Å². The zero-order valence-corrected chi connectivity index (χ0v) is 15.9. The van der Waals surface area contributed by atoms with Crippen LogP contribution in [0.5, 0.6) is 0 Å². The fourth-order valence-electron chi connectivity index (χ4n) is 11.7. The van der Waals surface area contributed by atoms with Crippen LogP contribution in [0, 0.1) is 82.9 Å². The van der Waals surface area contributed by atoms with Gasteiger partial charge in [-0.3, -0.25) is 0 Å². The van der Waals surface area contributed by atoms with Crippen molar-refractivity contribution in [1.29, 1.82) is 0 Å². The average molecular weight is 370 g/mol. The molecular formula is C22H27NO2S. The molecule has 12 unspecified atom stereocenters. The van der Waals surface area contributed by atoms with Gasteiger partial charge in [0.15, 0.2) is 0 Å². The summed E-state index contributed by atoms with van der Waals surface area (Å²) in [5.41, 5.74) is 0.0375. The Labute approximate surface area is 155 Å². The molecule has 12 saturated carbocycles. The van der Waals surface area contributed by atoms with Gasteiger partial charge >= 0.3 is 0 Å². The summed E-state index contributed by atoms with van der Waals surface area (Å²) in [6, 6.07) is 0. The Kier molecular flexibility index (Phi) is 1.61. The van der Waals surface area contributed by atoms with Gasteiger partial charge in [-0.15, -0.1) is 0 Å². The van der Waals surface area contributed by atoms with E-state index in [-0.39, 0.29) is 10.3 Å². The summed E-state index contributed by atoms with van der Waals surface area (Å²) in [7, 11) is -3.19. The molecule has 3 nitrogen and oxygen atoms in total. The van der Waals surface area contributed by atoms with E-state index in [2.05, 4.69) is 4.72 Å². The zero-order chi connectivity index (χ0) is 16.5. The SMILES string of the molecule is O=S(=O)(NC12C3CC3C(C3CC31)C1CC12)C12C3CC3C(C3CC31)C1CC12. The number of hydrogen-bond acceptors (Lipinski definition) is 2. The first-order valence-corrected chi connectivity index (χ1v) is 13.1. The maximum absolute atomic E-state index is 14.3. The molecule has 26 heavy (non-hydrogen) atoms. The largest absolute Gasteiger partial charge is 0.218 e. The summed E-state index contributed by atoms with van der Waals surface area (Å²) in [5, 5.41) is 0. The van der Waals surface area contributed by atoms with Crippen molar-refractivity contribution in [2.24, 2.45) is 82.9 Å². The Hall–Kier alpha value is -0.0900. The van der Waals surface area contributed by atoms with Crippen molar-refractivity contribution < 1.29 is 8.42 Å². The number of hydrogen-bond donors (Lipinski definition) is 1. The van der Waals surface area contributed by atoms with Crippen LogP contribution >= 0.6 is 0 Å². The molecule has 12 aliphatic carbocycles. The first-order valence-electron chi connectivity index (χ1n) is 11.6. The molecule has 0 saturated heterocycles. The van der Waals surface area contributed by atoms with E-state index < -0.39 is 10.0 Å². The molecule has 0 aromatic carbocycles. The summed E-state index contributed by atoms with van der Waals surface area (Å²) in [5.74, 6) is 10.9. The molecule has 12 atom stereocenters. The fraction of sp³-hybridized carbons (Fsp3) is 1.00. The second-order valence-corrected chi connectivity index (χ2v) is 14.5. The van der Waals surface area contributed by atoms with Crippen LogP contribution < -0.4 is 4.72 Å². The van der Waals surface area contributed by atoms with Gasteiger partial charge < -0.3 is 0 Å². The Morgan fingerprint density at radius 3 is 1.35 bits per heavy atom. The van der Waals surface area contributed by atoms with E-state index in [1.54, 1.807) is 0 Å². The molecule has 4 heteroatoms. The van der Waals surface area contributed by atoms with Crippen LogP contribution in [0.15, 0.2) is 0 Å². The molecule has 138 valence electrons. The maximum atomic E-state index is 14.3. The van der Waals surface area contributed by atoms with E-state index >= 15 is 0 Å². The Bertz CT molecular complexity index is 851. The highest BCUT2D eigenvalue weighted by Gasteiger charge is 2.89. The van der Waals surface area contributed by atoms with Crippen LogP contribution in [0.25, 0.3) is 0 Å².